The van der Waals surface area contributed by atoms with E-state index >= 15 is 0 Å². The summed E-state index contributed by atoms with van der Waals surface area (Å²) in [5, 5.41) is 7.71. The minimum Gasteiger partial charge on any atom is -0.493 e. The van der Waals surface area contributed by atoms with Crippen LogP contribution in [0.25, 0.3) is 0 Å². The maximum absolute atomic E-state index is 13.1. The summed E-state index contributed by atoms with van der Waals surface area (Å²) in [6.45, 7) is 6.92. The molecule has 0 radical (unpaired) electrons. The third-order valence-electron chi connectivity index (χ3n) is 5.24. The standard InChI is InChI=1S/C21H26N4O3/c1-5-8-28-16-7-6-13(9-17(16)27-4)19-18-14(10-21(2,3)11-15(18)26)24-20-22-12-23-25(19)20/h6-7,9,12,19H,5,8,10-11H2,1-4H3,(H,22,23,24). The van der Waals surface area contributed by atoms with Crippen molar-refractivity contribution >= 4 is 11.7 Å². The van der Waals surface area contributed by atoms with Crippen LogP contribution in [0.2, 0.25) is 0 Å². The van der Waals surface area contributed by atoms with E-state index in [-0.39, 0.29) is 17.2 Å². The van der Waals surface area contributed by atoms with Crippen molar-refractivity contribution in [2.75, 3.05) is 19.0 Å². The molecule has 0 spiro atoms. The van der Waals surface area contributed by atoms with Crippen LogP contribution in [0.15, 0.2) is 35.8 Å². The fourth-order valence-electron chi connectivity index (χ4n) is 4.04. The maximum atomic E-state index is 13.1. The molecule has 1 unspecified atom stereocenters. The molecule has 148 valence electrons. The molecule has 1 aromatic heterocycles. The quantitative estimate of drug-likeness (QED) is 0.849. The Morgan fingerprint density at radius 2 is 2.11 bits per heavy atom. The molecule has 2 aromatic rings. The van der Waals surface area contributed by atoms with E-state index in [1.54, 1.807) is 11.8 Å². The smallest absolute Gasteiger partial charge is 0.226 e. The summed E-state index contributed by atoms with van der Waals surface area (Å²) in [5.41, 5.74) is 2.55. The molecule has 0 amide bonds. The SMILES string of the molecule is CCCOc1ccc(C2C3=C(CC(C)(C)CC3=O)Nc3ncnn32)cc1OC. The van der Waals surface area contributed by atoms with Crippen molar-refractivity contribution in [3.63, 3.8) is 0 Å². The molecule has 1 N–H and O–H groups in total. The van der Waals surface area contributed by atoms with Gasteiger partial charge in [-0.05, 0) is 36.0 Å². The van der Waals surface area contributed by atoms with E-state index in [0.29, 0.717) is 30.5 Å². The second-order valence-corrected chi connectivity index (χ2v) is 8.15. The van der Waals surface area contributed by atoms with E-state index in [0.717, 1.165) is 29.7 Å². The molecule has 0 saturated heterocycles. The molecule has 7 nitrogen and oxygen atoms in total. The number of carbonyl (C=O) groups is 1. The third kappa shape index (κ3) is 3.15. The lowest BCUT2D eigenvalue weighted by Crippen LogP contribution is -2.36. The van der Waals surface area contributed by atoms with Crippen LogP contribution in [0.3, 0.4) is 0 Å². The molecular formula is C21H26N4O3. The van der Waals surface area contributed by atoms with Gasteiger partial charge in [-0.3, -0.25) is 4.79 Å². The summed E-state index contributed by atoms with van der Waals surface area (Å²) in [4.78, 5) is 17.4. The van der Waals surface area contributed by atoms with Gasteiger partial charge in [-0.25, -0.2) is 4.68 Å². The van der Waals surface area contributed by atoms with Gasteiger partial charge in [0.25, 0.3) is 0 Å². The van der Waals surface area contributed by atoms with Gasteiger partial charge in [0, 0.05) is 17.7 Å². The van der Waals surface area contributed by atoms with Crippen molar-refractivity contribution < 1.29 is 14.3 Å². The second kappa shape index (κ2) is 6.96. The first-order valence-corrected chi connectivity index (χ1v) is 9.67. The number of methoxy groups -OCH3 is 1. The van der Waals surface area contributed by atoms with Crippen LogP contribution >= 0.6 is 0 Å². The molecule has 1 aliphatic carbocycles. The molecule has 4 rings (SSSR count). The zero-order chi connectivity index (χ0) is 19.9. The third-order valence-corrected chi connectivity index (χ3v) is 5.24. The van der Waals surface area contributed by atoms with Crippen LogP contribution in [0, 0.1) is 5.41 Å². The molecule has 1 aliphatic heterocycles. The Hall–Kier alpha value is -2.83. The Labute approximate surface area is 164 Å². The van der Waals surface area contributed by atoms with Crippen molar-refractivity contribution in [2.45, 2.75) is 46.1 Å². The van der Waals surface area contributed by atoms with Crippen LogP contribution in [0.4, 0.5) is 5.95 Å². The highest BCUT2D eigenvalue weighted by Crippen LogP contribution is 2.46. The van der Waals surface area contributed by atoms with E-state index in [9.17, 15) is 4.79 Å². The zero-order valence-electron chi connectivity index (χ0n) is 16.8. The number of hydrogen-bond acceptors (Lipinski definition) is 6. The maximum Gasteiger partial charge on any atom is 0.226 e. The van der Waals surface area contributed by atoms with Crippen LogP contribution < -0.4 is 14.8 Å². The Bertz CT molecular complexity index is 945. The fourth-order valence-corrected chi connectivity index (χ4v) is 4.04. The summed E-state index contributed by atoms with van der Waals surface area (Å²) in [7, 11) is 1.63. The number of aromatic nitrogens is 3. The summed E-state index contributed by atoms with van der Waals surface area (Å²) >= 11 is 0. The number of allylic oxidation sites excluding steroid dienone is 2. The molecule has 2 heterocycles. The minimum atomic E-state index is -0.327. The largest absolute Gasteiger partial charge is 0.493 e. The average molecular weight is 382 g/mol. The first-order valence-electron chi connectivity index (χ1n) is 9.67. The highest BCUT2D eigenvalue weighted by Gasteiger charge is 2.41. The molecule has 1 atom stereocenters. The van der Waals surface area contributed by atoms with Gasteiger partial charge in [0.15, 0.2) is 17.3 Å². The molecule has 2 aliphatic rings. The predicted octanol–water partition coefficient (Wildman–Crippen LogP) is 3.73. The summed E-state index contributed by atoms with van der Waals surface area (Å²) in [6, 6.07) is 5.49. The predicted molar refractivity (Wildman–Crippen MR) is 106 cm³/mol. The lowest BCUT2D eigenvalue weighted by molar-refractivity contribution is -0.118. The first kappa shape index (κ1) is 18.5. The van der Waals surface area contributed by atoms with Gasteiger partial charge in [-0.2, -0.15) is 10.1 Å². The Balaban J connectivity index is 1.81. The van der Waals surface area contributed by atoms with Crippen LogP contribution in [0.1, 0.15) is 51.6 Å². The van der Waals surface area contributed by atoms with Gasteiger partial charge >= 0.3 is 0 Å². The molecule has 7 heteroatoms. The fraction of sp³-hybridized carbons (Fsp3) is 0.476. The van der Waals surface area contributed by atoms with E-state index in [1.807, 2.05) is 18.2 Å². The number of ether oxygens (including phenoxy) is 2. The number of carbonyl (C=O) groups excluding carboxylic acids is 1. The van der Waals surface area contributed by atoms with Gasteiger partial charge in [0.05, 0.1) is 13.7 Å². The van der Waals surface area contributed by atoms with Crippen molar-refractivity contribution in [1.82, 2.24) is 14.8 Å². The Morgan fingerprint density at radius 3 is 2.86 bits per heavy atom. The second-order valence-electron chi connectivity index (χ2n) is 8.15. The summed E-state index contributed by atoms with van der Waals surface area (Å²) < 4.78 is 13.1. The number of rotatable bonds is 5. The molecule has 0 fully saturated rings. The van der Waals surface area contributed by atoms with Gasteiger partial charge in [0.1, 0.15) is 12.4 Å². The van der Waals surface area contributed by atoms with Gasteiger partial charge in [-0.15, -0.1) is 0 Å². The molecular weight excluding hydrogens is 356 g/mol. The molecule has 28 heavy (non-hydrogen) atoms. The van der Waals surface area contributed by atoms with Crippen LogP contribution in [-0.2, 0) is 4.79 Å². The minimum absolute atomic E-state index is 0.0782. The van der Waals surface area contributed by atoms with Crippen molar-refractivity contribution in [1.29, 1.82) is 0 Å². The van der Waals surface area contributed by atoms with E-state index in [2.05, 4.69) is 36.2 Å². The monoisotopic (exact) mass is 382 g/mol. The molecule has 0 bridgehead atoms. The molecule has 1 aromatic carbocycles. The Kier molecular flexibility index (Phi) is 4.61. The number of anilines is 1. The van der Waals surface area contributed by atoms with Gasteiger partial charge in [0.2, 0.25) is 5.95 Å². The number of benzene rings is 1. The van der Waals surface area contributed by atoms with Crippen LogP contribution in [-0.4, -0.2) is 34.3 Å². The van der Waals surface area contributed by atoms with E-state index in [1.165, 1.54) is 6.33 Å². The number of nitrogens with zero attached hydrogens (tertiary/aromatic N) is 3. The number of ketones is 1. The Morgan fingerprint density at radius 1 is 1.29 bits per heavy atom. The number of hydrogen-bond donors (Lipinski definition) is 1. The van der Waals surface area contributed by atoms with Crippen LogP contribution in [0.5, 0.6) is 11.5 Å². The topological polar surface area (TPSA) is 78.3 Å². The highest BCUT2D eigenvalue weighted by atomic mass is 16.5. The average Bonchev–Trinajstić information content (AvgIpc) is 3.11. The first-order chi connectivity index (χ1) is 13.4. The number of nitrogens with one attached hydrogen (secondary N) is 1. The highest BCUT2D eigenvalue weighted by molar-refractivity contribution is 6.00. The van der Waals surface area contributed by atoms with Crippen molar-refractivity contribution in [2.24, 2.45) is 5.41 Å². The van der Waals surface area contributed by atoms with E-state index in [4.69, 9.17) is 9.47 Å². The van der Waals surface area contributed by atoms with Crippen molar-refractivity contribution in [3.05, 3.63) is 41.4 Å². The van der Waals surface area contributed by atoms with Crippen molar-refractivity contribution in [3.8, 4) is 11.5 Å². The van der Waals surface area contributed by atoms with Gasteiger partial charge in [-0.1, -0.05) is 26.8 Å². The lowest BCUT2D eigenvalue weighted by Gasteiger charge is -2.38. The normalized spacial score (nSPS) is 20.3. The van der Waals surface area contributed by atoms with Gasteiger partial charge < -0.3 is 14.8 Å². The zero-order valence-corrected chi connectivity index (χ0v) is 16.8. The lowest BCUT2D eigenvalue weighted by atomic mass is 9.73. The number of Topliss-reactive ketones (excluding diaryl/α,β-unsaturated/α-hetero) is 1. The number of fused-ring (bicyclic) bond motifs is 1. The van der Waals surface area contributed by atoms with E-state index < -0.39 is 0 Å². The molecule has 0 saturated carbocycles. The summed E-state index contributed by atoms with van der Waals surface area (Å²) in [6.07, 6.45) is 3.75. The summed E-state index contributed by atoms with van der Waals surface area (Å²) in [5.74, 6) is 2.15.